The fraction of sp³-hybridized carbons (Fsp3) is 0.423. The van der Waals surface area contributed by atoms with E-state index in [0.29, 0.717) is 12.3 Å². The average Bonchev–Trinajstić information content (AvgIpc) is 3.20. The van der Waals surface area contributed by atoms with E-state index in [2.05, 4.69) is 43.9 Å². The van der Waals surface area contributed by atoms with Crippen molar-refractivity contribution in [3.8, 4) is 0 Å². The van der Waals surface area contributed by atoms with Crippen molar-refractivity contribution in [3.05, 3.63) is 72.1 Å². The molecule has 1 aliphatic heterocycles. The van der Waals surface area contributed by atoms with Gasteiger partial charge in [0.1, 0.15) is 5.82 Å². The van der Waals surface area contributed by atoms with Gasteiger partial charge in [0.25, 0.3) is 0 Å². The van der Waals surface area contributed by atoms with Crippen molar-refractivity contribution in [1.82, 2.24) is 19.7 Å². The normalized spacial score (nSPS) is 14.5. The minimum absolute atomic E-state index is 0.0769. The lowest BCUT2D eigenvalue weighted by Crippen LogP contribution is -2.38. The first-order chi connectivity index (χ1) is 16.1. The first-order valence-corrected chi connectivity index (χ1v) is 12.8. The molecule has 6 nitrogen and oxygen atoms in total. The van der Waals surface area contributed by atoms with Crippen LogP contribution in [0.1, 0.15) is 44.5 Å². The van der Waals surface area contributed by atoms with Gasteiger partial charge in [0.05, 0.1) is 18.8 Å². The van der Waals surface area contributed by atoms with Crippen LogP contribution in [0.15, 0.2) is 65.8 Å². The minimum atomic E-state index is 0.0769. The van der Waals surface area contributed by atoms with Gasteiger partial charge >= 0.3 is 0 Å². The number of benzene rings is 2. The zero-order valence-electron chi connectivity index (χ0n) is 19.6. The van der Waals surface area contributed by atoms with E-state index < -0.39 is 0 Å². The molecule has 0 aliphatic carbocycles. The second kappa shape index (κ2) is 11.5. The van der Waals surface area contributed by atoms with Gasteiger partial charge in [-0.3, -0.25) is 9.69 Å². The third-order valence-electron chi connectivity index (χ3n) is 5.93. The highest BCUT2D eigenvalue weighted by atomic mass is 32.2. The molecule has 0 atom stereocenters. The summed E-state index contributed by atoms with van der Waals surface area (Å²) in [6.07, 6.45) is 3.80. The van der Waals surface area contributed by atoms with Gasteiger partial charge in [0.15, 0.2) is 5.16 Å². The van der Waals surface area contributed by atoms with Gasteiger partial charge in [-0.25, -0.2) is 0 Å². The SMILES string of the molecule is CC(C)N(C(=O)CSc1nnc(CN2CCCCC2)n1Cc1ccccc1)c1ccccc1. The van der Waals surface area contributed by atoms with Crippen molar-refractivity contribution in [1.29, 1.82) is 0 Å². The van der Waals surface area contributed by atoms with Gasteiger partial charge < -0.3 is 9.47 Å². The van der Waals surface area contributed by atoms with E-state index in [-0.39, 0.29) is 11.9 Å². The number of hydrogen-bond acceptors (Lipinski definition) is 5. The molecular weight excluding hydrogens is 430 g/mol. The number of carbonyl (C=O) groups is 1. The largest absolute Gasteiger partial charge is 0.309 e. The van der Waals surface area contributed by atoms with Gasteiger partial charge in [-0.1, -0.05) is 66.7 Å². The molecule has 0 unspecified atom stereocenters. The lowest BCUT2D eigenvalue weighted by Gasteiger charge is -2.27. The van der Waals surface area contributed by atoms with Crippen LogP contribution in [-0.2, 0) is 17.9 Å². The third kappa shape index (κ3) is 6.24. The van der Waals surface area contributed by atoms with Crippen molar-refractivity contribution in [2.45, 2.75) is 57.4 Å². The van der Waals surface area contributed by atoms with E-state index >= 15 is 0 Å². The number of rotatable bonds is 9. The Kier molecular flexibility index (Phi) is 8.18. The maximum absolute atomic E-state index is 13.2. The highest BCUT2D eigenvalue weighted by Crippen LogP contribution is 2.24. The third-order valence-corrected chi connectivity index (χ3v) is 6.89. The van der Waals surface area contributed by atoms with Gasteiger partial charge in [-0.15, -0.1) is 10.2 Å². The lowest BCUT2D eigenvalue weighted by molar-refractivity contribution is -0.116. The lowest BCUT2D eigenvalue weighted by atomic mass is 10.1. The molecule has 1 aliphatic rings. The summed E-state index contributed by atoms with van der Waals surface area (Å²) in [5.74, 6) is 1.37. The van der Waals surface area contributed by atoms with Crippen LogP contribution < -0.4 is 4.90 Å². The van der Waals surface area contributed by atoms with Crippen molar-refractivity contribution in [3.63, 3.8) is 0 Å². The molecule has 1 saturated heterocycles. The summed E-state index contributed by atoms with van der Waals surface area (Å²) in [5, 5.41) is 9.86. The Labute approximate surface area is 201 Å². The molecule has 0 N–H and O–H groups in total. The van der Waals surface area contributed by atoms with Crippen LogP contribution in [0.2, 0.25) is 0 Å². The Hall–Kier alpha value is -2.64. The summed E-state index contributed by atoms with van der Waals surface area (Å²) in [4.78, 5) is 17.5. The average molecular weight is 464 g/mol. The van der Waals surface area contributed by atoms with Crippen LogP contribution in [0.5, 0.6) is 0 Å². The quantitative estimate of drug-likeness (QED) is 0.425. The highest BCUT2D eigenvalue weighted by Gasteiger charge is 2.22. The number of piperidine rings is 1. The summed E-state index contributed by atoms with van der Waals surface area (Å²) >= 11 is 1.48. The zero-order chi connectivity index (χ0) is 23.0. The van der Waals surface area contributed by atoms with E-state index in [0.717, 1.165) is 36.3 Å². The molecule has 0 radical (unpaired) electrons. The second-order valence-electron chi connectivity index (χ2n) is 8.79. The molecule has 7 heteroatoms. The number of nitrogens with zero attached hydrogens (tertiary/aromatic N) is 5. The molecular formula is C26H33N5OS. The van der Waals surface area contributed by atoms with E-state index in [1.807, 2.05) is 55.1 Å². The topological polar surface area (TPSA) is 54.3 Å². The van der Waals surface area contributed by atoms with Crippen molar-refractivity contribution in [2.75, 3.05) is 23.7 Å². The standard InChI is InChI=1S/C26H33N5OS/c1-21(2)31(23-14-8-4-9-15-23)25(32)20-33-26-28-27-24(19-29-16-10-5-11-17-29)30(26)18-22-12-6-3-7-13-22/h3-4,6-9,12-15,21H,5,10-11,16-20H2,1-2H3. The fourth-order valence-electron chi connectivity index (χ4n) is 4.30. The van der Waals surface area contributed by atoms with E-state index in [1.54, 1.807) is 0 Å². The molecule has 0 saturated carbocycles. The van der Waals surface area contributed by atoms with Gasteiger partial charge in [0, 0.05) is 11.7 Å². The number of amides is 1. The fourth-order valence-corrected chi connectivity index (χ4v) is 5.12. The molecule has 0 spiro atoms. The zero-order valence-corrected chi connectivity index (χ0v) is 20.4. The smallest absolute Gasteiger partial charge is 0.237 e. The monoisotopic (exact) mass is 463 g/mol. The molecule has 1 fully saturated rings. The van der Waals surface area contributed by atoms with Crippen molar-refractivity contribution >= 4 is 23.4 Å². The van der Waals surface area contributed by atoms with E-state index in [1.165, 1.54) is 36.6 Å². The Balaban J connectivity index is 1.51. The Morgan fingerprint density at radius 1 is 0.939 bits per heavy atom. The molecule has 2 heterocycles. The van der Waals surface area contributed by atoms with E-state index in [9.17, 15) is 4.79 Å². The predicted molar refractivity (Wildman–Crippen MR) is 134 cm³/mol. The number of carbonyl (C=O) groups excluding carboxylic acids is 1. The summed E-state index contributed by atoms with van der Waals surface area (Å²) < 4.78 is 2.18. The summed E-state index contributed by atoms with van der Waals surface area (Å²) in [5.41, 5.74) is 2.13. The number of thioether (sulfide) groups is 1. The van der Waals surface area contributed by atoms with Crippen molar-refractivity contribution in [2.24, 2.45) is 0 Å². The van der Waals surface area contributed by atoms with Gasteiger partial charge in [-0.2, -0.15) is 0 Å². The first-order valence-electron chi connectivity index (χ1n) is 11.8. The van der Waals surface area contributed by atoms with Crippen molar-refractivity contribution < 1.29 is 4.79 Å². The number of anilines is 1. The number of para-hydroxylation sites is 1. The van der Waals surface area contributed by atoms with Crippen LogP contribution in [0.25, 0.3) is 0 Å². The predicted octanol–water partition coefficient (Wildman–Crippen LogP) is 4.85. The second-order valence-corrected chi connectivity index (χ2v) is 9.73. The van der Waals surface area contributed by atoms with Crippen LogP contribution >= 0.6 is 11.8 Å². The summed E-state index contributed by atoms with van der Waals surface area (Å²) in [6, 6.07) is 20.3. The van der Waals surface area contributed by atoms with Gasteiger partial charge in [-0.05, 0) is 57.5 Å². The number of likely N-dealkylation sites (tertiary alicyclic amines) is 1. The maximum atomic E-state index is 13.2. The molecule has 1 aromatic heterocycles. The molecule has 33 heavy (non-hydrogen) atoms. The Morgan fingerprint density at radius 2 is 1.61 bits per heavy atom. The molecule has 174 valence electrons. The Morgan fingerprint density at radius 3 is 2.27 bits per heavy atom. The number of hydrogen-bond donors (Lipinski definition) is 0. The Bertz CT molecular complexity index is 1020. The maximum Gasteiger partial charge on any atom is 0.237 e. The minimum Gasteiger partial charge on any atom is -0.309 e. The van der Waals surface area contributed by atoms with Crippen LogP contribution in [0, 0.1) is 0 Å². The first kappa shape index (κ1) is 23.5. The summed E-state index contributed by atoms with van der Waals surface area (Å²) in [7, 11) is 0. The highest BCUT2D eigenvalue weighted by molar-refractivity contribution is 7.99. The van der Waals surface area contributed by atoms with Crippen LogP contribution in [-0.4, -0.2) is 50.5 Å². The number of aromatic nitrogens is 3. The molecule has 4 rings (SSSR count). The molecule has 2 aromatic carbocycles. The van der Waals surface area contributed by atoms with Crippen LogP contribution in [0.4, 0.5) is 5.69 Å². The van der Waals surface area contributed by atoms with E-state index in [4.69, 9.17) is 0 Å². The van der Waals surface area contributed by atoms with Crippen LogP contribution in [0.3, 0.4) is 0 Å². The summed E-state index contributed by atoms with van der Waals surface area (Å²) in [6.45, 7) is 7.82. The molecule has 3 aromatic rings. The molecule has 1 amide bonds. The van der Waals surface area contributed by atoms with Gasteiger partial charge in [0.2, 0.25) is 5.91 Å². The molecule has 0 bridgehead atoms.